The number of anilines is 2. The summed E-state index contributed by atoms with van der Waals surface area (Å²) in [6.45, 7) is 3.74. The van der Waals surface area contributed by atoms with Crippen LogP contribution in [0.2, 0.25) is 0 Å². The fraction of sp³-hybridized carbons (Fsp3) is 0.478. The molecule has 0 saturated heterocycles. The van der Waals surface area contributed by atoms with Gasteiger partial charge in [-0.2, -0.15) is 0 Å². The maximum absolute atomic E-state index is 11.4. The van der Waals surface area contributed by atoms with Gasteiger partial charge in [0.25, 0.3) is 0 Å². The summed E-state index contributed by atoms with van der Waals surface area (Å²) in [4.78, 5) is 2.35. The van der Waals surface area contributed by atoms with Crippen LogP contribution in [0.5, 0.6) is 5.75 Å². The Morgan fingerprint density at radius 3 is 1.85 bits per heavy atom. The number of hydrogen-bond donors (Lipinski definition) is 3. The molecule has 2 rings (SSSR count). The molecule has 9 nitrogen and oxygen atoms in total. The summed E-state index contributed by atoms with van der Waals surface area (Å²) in [5.74, 6) is 0.677. The number of sulfonamides is 2. The van der Waals surface area contributed by atoms with Gasteiger partial charge in [0.15, 0.2) is 0 Å². The Morgan fingerprint density at radius 2 is 1.32 bits per heavy atom. The van der Waals surface area contributed by atoms with E-state index >= 15 is 0 Å². The van der Waals surface area contributed by atoms with E-state index in [-0.39, 0.29) is 0 Å². The molecule has 2 aromatic rings. The SMILES string of the molecule is CS(=O)(=O)Nc1ccc(CCN(CCCCCN)CCOc2ccc(NS(C)(=O)=O)cc2)cc1. The largest absolute Gasteiger partial charge is 0.492 e. The van der Waals surface area contributed by atoms with Crippen molar-refractivity contribution in [3.8, 4) is 5.75 Å². The van der Waals surface area contributed by atoms with Crippen molar-refractivity contribution >= 4 is 31.4 Å². The lowest BCUT2D eigenvalue weighted by molar-refractivity contribution is 0.207. The second kappa shape index (κ2) is 13.5. The highest BCUT2D eigenvalue weighted by Crippen LogP contribution is 2.17. The van der Waals surface area contributed by atoms with Crippen LogP contribution in [0.1, 0.15) is 24.8 Å². The van der Waals surface area contributed by atoms with Crippen molar-refractivity contribution in [3.63, 3.8) is 0 Å². The maximum atomic E-state index is 11.4. The van der Waals surface area contributed by atoms with Crippen molar-refractivity contribution in [2.45, 2.75) is 25.7 Å². The first-order valence-corrected chi connectivity index (χ1v) is 15.0. The molecule has 34 heavy (non-hydrogen) atoms. The molecular weight excluding hydrogens is 476 g/mol. The van der Waals surface area contributed by atoms with Gasteiger partial charge < -0.3 is 10.5 Å². The third-order valence-electron chi connectivity index (χ3n) is 4.99. The minimum atomic E-state index is -3.31. The highest BCUT2D eigenvalue weighted by Gasteiger charge is 2.08. The van der Waals surface area contributed by atoms with Gasteiger partial charge in [-0.3, -0.25) is 14.3 Å². The van der Waals surface area contributed by atoms with Crippen molar-refractivity contribution in [3.05, 3.63) is 54.1 Å². The van der Waals surface area contributed by atoms with Gasteiger partial charge in [-0.1, -0.05) is 18.6 Å². The van der Waals surface area contributed by atoms with E-state index < -0.39 is 20.0 Å². The summed E-state index contributed by atoms with van der Waals surface area (Å²) in [6, 6.07) is 14.2. The molecule has 0 aliphatic heterocycles. The van der Waals surface area contributed by atoms with Gasteiger partial charge in [-0.05, 0) is 74.3 Å². The molecule has 0 radical (unpaired) electrons. The molecule has 0 aromatic heterocycles. The number of benzene rings is 2. The van der Waals surface area contributed by atoms with Crippen LogP contribution in [0.3, 0.4) is 0 Å². The van der Waals surface area contributed by atoms with Crippen LogP contribution < -0.4 is 19.9 Å². The Hall–Kier alpha value is -2.34. The first-order valence-electron chi connectivity index (χ1n) is 11.2. The van der Waals surface area contributed by atoms with Crippen LogP contribution in [-0.4, -0.2) is 67.0 Å². The number of rotatable bonds is 16. The first kappa shape index (κ1) is 27.9. The number of ether oxygens (including phenoxy) is 1. The van der Waals surface area contributed by atoms with E-state index in [4.69, 9.17) is 10.5 Å². The van der Waals surface area contributed by atoms with Crippen LogP contribution in [-0.2, 0) is 26.5 Å². The zero-order chi connectivity index (χ0) is 25.0. The van der Waals surface area contributed by atoms with E-state index in [0.29, 0.717) is 30.3 Å². The lowest BCUT2D eigenvalue weighted by Gasteiger charge is -2.22. The van der Waals surface area contributed by atoms with Crippen LogP contribution in [0.4, 0.5) is 11.4 Å². The molecule has 0 bridgehead atoms. The summed E-state index contributed by atoms with van der Waals surface area (Å²) < 4.78 is 56.1. The molecule has 0 aliphatic rings. The van der Waals surface area contributed by atoms with Crippen molar-refractivity contribution in [2.75, 3.05) is 54.7 Å². The average molecular weight is 513 g/mol. The Bertz CT molecular complexity index is 1070. The summed E-state index contributed by atoms with van der Waals surface area (Å²) in [6.07, 6.45) is 6.22. The number of hydrogen-bond acceptors (Lipinski definition) is 7. The average Bonchev–Trinajstić information content (AvgIpc) is 2.74. The van der Waals surface area contributed by atoms with Gasteiger partial charge in [-0.25, -0.2) is 16.8 Å². The second-order valence-corrected chi connectivity index (χ2v) is 11.8. The zero-order valence-electron chi connectivity index (χ0n) is 19.9. The van der Waals surface area contributed by atoms with Gasteiger partial charge in [0.2, 0.25) is 20.0 Å². The van der Waals surface area contributed by atoms with E-state index in [9.17, 15) is 16.8 Å². The van der Waals surface area contributed by atoms with Crippen molar-refractivity contribution in [1.29, 1.82) is 0 Å². The molecule has 0 fully saturated rings. The van der Waals surface area contributed by atoms with Crippen LogP contribution >= 0.6 is 0 Å². The van der Waals surface area contributed by atoms with Crippen LogP contribution in [0.25, 0.3) is 0 Å². The molecule has 0 spiro atoms. The monoisotopic (exact) mass is 512 g/mol. The van der Waals surface area contributed by atoms with Gasteiger partial charge in [0.1, 0.15) is 12.4 Å². The second-order valence-electron chi connectivity index (χ2n) is 8.26. The summed E-state index contributed by atoms with van der Waals surface area (Å²) >= 11 is 0. The molecular formula is C23H36N4O5S2. The van der Waals surface area contributed by atoms with Gasteiger partial charge in [-0.15, -0.1) is 0 Å². The standard InChI is InChI=1S/C23H36N4O5S2/c1-33(28,29)25-21-8-6-20(7-9-21)14-17-27(16-5-3-4-15-24)18-19-32-23-12-10-22(11-13-23)26-34(2,30)31/h6-13,25-26H,3-5,14-19,24H2,1-2H3. The zero-order valence-corrected chi connectivity index (χ0v) is 21.5. The van der Waals surface area contributed by atoms with Crippen molar-refractivity contribution < 1.29 is 21.6 Å². The van der Waals surface area contributed by atoms with E-state index in [1.807, 2.05) is 12.1 Å². The van der Waals surface area contributed by atoms with E-state index in [0.717, 1.165) is 63.4 Å². The van der Waals surface area contributed by atoms with Crippen molar-refractivity contribution in [1.82, 2.24) is 4.90 Å². The maximum Gasteiger partial charge on any atom is 0.229 e. The third-order valence-corrected chi connectivity index (χ3v) is 6.20. The predicted octanol–water partition coefficient (Wildman–Crippen LogP) is 2.48. The number of unbranched alkanes of at least 4 members (excludes halogenated alkanes) is 2. The Labute approximate surface area is 203 Å². The van der Waals surface area contributed by atoms with Crippen molar-refractivity contribution in [2.24, 2.45) is 5.73 Å². The predicted molar refractivity (Wildman–Crippen MR) is 138 cm³/mol. The minimum Gasteiger partial charge on any atom is -0.492 e. The molecule has 0 saturated carbocycles. The molecule has 0 unspecified atom stereocenters. The third kappa shape index (κ3) is 12.2. The topological polar surface area (TPSA) is 131 Å². The quantitative estimate of drug-likeness (QED) is 0.295. The highest BCUT2D eigenvalue weighted by atomic mass is 32.2. The molecule has 0 amide bonds. The summed E-state index contributed by atoms with van der Waals surface area (Å²) in [5, 5.41) is 0. The molecule has 0 aliphatic carbocycles. The number of nitrogens with zero attached hydrogens (tertiary/aromatic N) is 1. The van der Waals surface area contributed by atoms with Gasteiger partial charge in [0, 0.05) is 24.5 Å². The molecule has 0 atom stereocenters. The molecule has 2 aromatic carbocycles. The van der Waals surface area contributed by atoms with E-state index in [2.05, 4.69) is 14.3 Å². The summed E-state index contributed by atoms with van der Waals surface area (Å²) in [5.41, 5.74) is 7.78. The normalized spacial score (nSPS) is 12.0. The Kier molecular flexibility index (Phi) is 11.1. The summed E-state index contributed by atoms with van der Waals surface area (Å²) in [7, 11) is -6.59. The smallest absolute Gasteiger partial charge is 0.229 e. The molecule has 4 N–H and O–H groups in total. The fourth-order valence-electron chi connectivity index (χ4n) is 3.36. The van der Waals surface area contributed by atoms with Gasteiger partial charge >= 0.3 is 0 Å². The van der Waals surface area contributed by atoms with Crippen LogP contribution in [0, 0.1) is 0 Å². The molecule has 11 heteroatoms. The molecule has 190 valence electrons. The lowest BCUT2D eigenvalue weighted by atomic mass is 10.1. The van der Waals surface area contributed by atoms with E-state index in [1.54, 1.807) is 36.4 Å². The van der Waals surface area contributed by atoms with E-state index in [1.165, 1.54) is 0 Å². The number of nitrogens with two attached hydrogens (primary N) is 1. The fourth-order valence-corrected chi connectivity index (χ4v) is 4.49. The first-order chi connectivity index (χ1) is 16.0. The highest BCUT2D eigenvalue weighted by molar-refractivity contribution is 7.92. The lowest BCUT2D eigenvalue weighted by Crippen LogP contribution is -2.31. The Morgan fingerprint density at radius 1 is 0.765 bits per heavy atom. The minimum absolute atomic E-state index is 0.495. The van der Waals surface area contributed by atoms with Crippen LogP contribution in [0.15, 0.2) is 48.5 Å². The van der Waals surface area contributed by atoms with Gasteiger partial charge in [0.05, 0.1) is 12.5 Å². The molecule has 0 heterocycles. The Balaban J connectivity index is 1.86. The number of nitrogens with one attached hydrogen (secondary N) is 2.